The summed E-state index contributed by atoms with van der Waals surface area (Å²) in [6, 6.07) is 18.1. The molecule has 3 aromatic carbocycles. The first-order valence-electron chi connectivity index (χ1n) is 15.0. The highest BCUT2D eigenvalue weighted by atomic mass is 32.2. The lowest BCUT2D eigenvalue weighted by atomic mass is 10.3. The molecule has 0 heterocycles. The highest BCUT2D eigenvalue weighted by Crippen LogP contribution is 2.51. The van der Waals surface area contributed by atoms with E-state index in [1.807, 2.05) is 84.0 Å². The molecule has 236 valence electrons. The Morgan fingerprint density at radius 3 is 1.19 bits per heavy atom. The lowest BCUT2D eigenvalue weighted by molar-refractivity contribution is -0.305. The predicted molar refractivity (Wildman–Crippen MR) is 168 cm³/mol. The Morgan fingerprint density at radius 2 is 0.930 bits per heavy atom. The molecule has 0 spiro atoms. The number of hydrogen-bond donors (Lipinski definition) is 0. The molecule has 0 aliphatic heterocycles. The van der Waals surface area contributed by atoms with Crippen molar-refractivity contribution in [1.82, 2.24) is 0 Å². The molecule has 0 atom stereocenters. The Morgan fingerprint density at radius 1 is 0.581 bits per heavy atom. The maximum atomic E-state index is 9.49. The number of aliphatic carboxylic acids is 1. The van der Waals surface area contributed by atoms with Gasteiger partial charge in [0.05, 0.1) is 39.6 Å². The van der Waals surface area contributed by atoms with Gasteiger partial charge in [-0.1, -0.05) is 31.5 Å². The molecule has 43 heavy (non-hydrogen) atoms. The van der Waals surface area contributed by atoms with E-state index in [0.717, 1.165) is 14.7 Å². The van der Waals surface area contributed by atoms with E-state index in [-0.39, 0.29) is 6.42 Å². The zero-order valence-corrected chi connectivity index (χ0v) is 27.3. The van der Waals surface area contributed by atoms with Crippen molar-refractivity contribution in [3.05, 3.63) is 54.6 Å². The first-order chi connectivity index (χ1) is 20.9. The van der Waals surface area contributed by atoms with E-state index in [9.17, 15) is 9.90 Å². The second kappa shape index (κ2) is 19.5. The highest BCUT2D eigenvalue weighted by Gasteiger charge is 2.42. The van der Waals surface area contributed by atoms with Crippen LogP contribution in [-0.2, 0) is 15.7 Å². The van der Waals surface area contributed by atoms with Gasteiger partial charge in [0.25, 0.3) is 9.79 Å². The Bertz CT molecular complexity index is 1120. The van der Waals surface area contributed by atoms with E-state index in [2.05, 4.69) is 12.1 Å². The van der Waals surface area contributed by atoms with Gasteiger partial charge in [0, 0.05) is 30.2 Å². The van der Waals surface area contributed by atoms with Crippen molar-refractivity contribution in [3.8, 4) is 34.5 Å². The number of ether oxygens (including phenoxy) is 6. The number of carbonyl (C=O) groups excluding carboxylic acids is 1. The van der Waals surface area contributed by atoms with Gasteiger partial charge in [-0.2, -0.15) is 0 Å². The average molecular weight is 615 g/mol. The van der Waals surface area contributed by atoms with E-state index < -0.39 is 16.9 Å². The van der Waals surface area contributed by atoms with E-state index in [4.69, 9.17) is 28.4 Å². The van der Waals surface area contributed by atoms with E-state index in [1.54, 1.807) is 6.92 Å². The summed E-state index contributed by atoms with van der Waals surface area (Å²) in [6.07, 6.45) is 0.850. The van der Waals surface area contributed by atoms with Gasteiger partial charge in [-0.05, 0) is 60.1 Å². The summed E-state index contributed by atoms with van der Waals surface area (Å²) in [7, 11) is -0.702. The minimum absolute atomic E-state index is 0.181. The molecule has 8 nitrogen and oxygen atoms in total. The largest absolute Gasteiger partial charge is 0.550 e. The molecule has 0 radical (unpaired) electrons. The van der Waals surface area contributed by atoms with Crippen LogP contribution in [0.5, 0.6) is 34.5 Å². The van der Waals surface area contributed by atoms with Crippen molar-refractivity contribution in [1.29, 1.82) is 0 Å². The number of carboxylic acid groups (broad SMARTS) is 1. The van der Waals surface area contributed by atoms with Crippen molar-refractivity contribution >= 4 is 16.9 Å². The molecule has 0 unspecified atom stereocenters. The monoisotopic (exact) mass is 614 g/mol. The Kier molecular flexibility index (Phi) is 16.1. The van der Waals surface area contributed by atoms with E-state index in [1.165, 1.54) is 0 Å². The molecule has 0 bridgehead atoms. The number of benzene rings is 3. The zero-order chi connectivity index (χ0) is 31.6. The SMILES string of the molecule is CCCC(=O)[O-].CCOc1cc(OCC)c([S+](c2ccccc2)c2c(OCC)cc(OCC)cc2OCC)c(OCC)c1. The third-order valence-corrected chi connectivity index (χ3v) is 8.02. The molecule has 0 N–H and O–H groups in total. The number of carbonyl (C=O) groups is 1. The van der Waals surface area contributed by atoms with Crippen LogP contribution in [0.3, 0.4) is 0 Å². The molecular formula is C34H46O8S. The normalized spacial score (nSPS) is 10.4. The van der Waals surface area contributed by atoms with E-state index >= 15 is 0 Å². The van der Waals surface area contributed by atoms with Gasteiger partial charge in [0.1, 0.15) is 22.4 Å². The quantitative estimate of drug-likeness (QED) is 0.155. The topological polar surface area (TPSA) is 95.5 Å². The van der Waals surface area contributed by atoms with Crippen molar-refractivity contribution in [2.45, 2.75) is 76.0 Å². The Hall–Kier alpha value is -3.72. The molecule has 0 fully saturated rings. The van der Waals surface area contributed by atoms with Gasteiger partial charge >= 0.3 is 0 Å². The van der Waals surface area contributed by atoms with Crippen LogP contribution in [0.15, 0.2) is 69.3 Å². The van der Waals surface area contributed by atoms with Crippen LogP contribution in [0.4, 0.5) is 0 Å². The third-order valence-electron chi connectivity index (χ3n) is 5.65. The van der Waals surface area contributed by atoms with Crippen molar-refractivity contribution in [3.63, 3.8) is 0 Å². The fraction of sp³-hybridized carbons (Fsp3) is 0.441. The summed E-state index contributed by atoms with van der Waals surface area (Å²) in [4.78, 5) is 12.4. The van der Waals surface area contributed by atoms with Gasteiger partial charge in [0.15, 0.2) is 27.9 Å². The maximum Gasteiger partial charge on any atom is 0.250 e. The van der Waals surface area contributed by atoms with Crippen LogP contribution in [0, 0.1) is 0 Å². The van der Waals surface area contributed by atoms with Gasteiger partial charge in [0.2, 0.25) is 0 Å². The zero-order valence-electron chi connectivity index (χ0n) is 26.5. The number of hydrogen-bond acceptors (Lipinski definition) is 8. The smallest absolute Gasteiger partial charge is 0.250 e. The summed E-state index contributed by atoms with van der Waals surface area (Å²) in [5.41, 5.74) is 0. The van der Waals surface area contributed by atoms with Crippen LogP contribution in [0.1, 0.15) is 61.3 Å². The molecule has 0 saturated heterocycles. The Balaban J connectivity index is 0.000000973. The van der Waals surface area contributed by atoms with Crippen LogP contribution in [-0.4, -0.2) is 45.6 Å². The molecular weight excluding hydrogens is 568 g/mol. The molecule has 9 heteroatoms. The van der Waals surface area contributed by atoms with Crippen LogP contribution >= 0.6 is 0 Å². The van der Waals surface area contributed by atoms with Crippen molar-refractivity contribution < 1.29 is 38.3 Å². The molecule has 0 aliphatic carbocycles. The number of carboxylic acids is 1. The van der Waals surface area contributed by atoms with Gasteiger partial charge in [-0.3, -0.25) is 0 Å². The van der Waals surface area contributed by atoms with Crippen molar-refractivity contribution in [2.24, 2.45) is 0 Å². The summed E-state index contributed by atoms with van der Waals surface area (Å²) in [5, 5.41) is 9.49. The van der Waals surface area contributed by atoms with Crippen molar-refractivity contribution in [2.75, 3.05) is 39.6 Å². The second-order valence-corrected chi connectivity index (χ2v) is 10.7. The van der Waals surface area contributed by atoms with E-state index in [0.29, 0.717) is 80.6 Å². The highest BCUT2D eigenvalue weighted by molar-refractivity contribution is 7.97. The predicted octanol–water partition coefficient (Wildman–Crippen LogP) is 6.71. The lowest BCUT2D eigenvalue weighted by Crippen LogP contribution is -2.20. The fourth-order valence-electron chi connectivity index (χ4n) is 4.16. The fourth-order valence-corrected chi connectivity index (χ4v) is 6.54. The van der Waals surface area contributed by atoms with Crippen LogP contribution in [0.2, 0.25) is 0 Å². The molecule has 0 saturated carbocycles. The van der Waals surface area contributed by atoms with Crippen LogP contribution < -0.4 is 33.5 Å². The number of rotatable bonds is 17. The average Bonchev–Trinajstić information content (AvgIpc) is 2.97. The first-order valence-corrected chi connectivity index (χ1v) is 16.2. The summed E-state index contributed by atoms with van der Waals surface area (Å²) in [5.74, 6) is 3.29. The molecule has 0 amide bonds. The summed E-state index contributed by atoms with van der Waals surface area (Å²) >= 11 is 0. The Labute approximate surface area is 259 Å². The van der Waals surface area contributed by atoms with Crippen LogP contribution in [0.25, 0.3) is 0 Å². The minimum Gasteiger partial charge on any atom is -0.550 e. The minimum atomic E-state index is -0.961. The molecule has 0 aromatic heterocycles. The molecule has 3 rings (SSSR count). The van der Waals surface area contributed by atoms with Gasteiger partial charge < -0.3 is 38.3 Å². The lowest BCUT2D eigenvalue weighted by Gasteiger charge is -2.21. The molecule has 0 aliphatic rings. The first kappa shape index (κ1) is 35.5. The summed E-state index contributed by atoms with van der Waals surface area (Å²) in [6.45, 7) is 16.7. The standard InChI is InChI=1S/C30H39O6S.C4H8O2/c1-7-31-22-18-25(33-9-3)29(26(19-22)34-10-4)37(24-16-14-13-15-17-24)30-27(35-11-5)20-23(32-8-2)21-28(30)36-12-6;1-2-3-4(5)6/h13-21H,7-12H2,1-6H3;2-3H2,1H3,(H,5,6)/q+1;/p-1. The molecule has 3 aromatic rings. The van der Waals surface area contributed by atoms with Gasteiger partial charge in [-0.25, -0.2) is 0 Å². The van der Waals surface area contributed by atoms with Gasteiger partial charge in [-0.15, -0.1) is 0 Å². The second-order valence-electron chi connectivity index (χ2n) is 8.84. The maximum absolute atomic E-state index is 9.49. The summed E-state index contributed by atoms with van der Waals surface area (Å²) < 4.78 is 36.7. The third kappa shape index (κ3) is 10.5.